The summed E-state index contributed by atoms with van der Waals surface area (Å²) in [5, 5.41) is 2.87. The van der Waals surface area contributed by atoms with Gasteiger partial charge in [-0.05, 0) is 19.3 Å². The molecule has 242 valence electrons. The zero-order valence-electron chi connectivity index (χ0n) is 27.3. The van der Waals surface area contributed by atoms with Crippen LogP contribution in [-0.4, -0.2) is 30.4 Å². The quantitative estimate of drug-likeness (QED) is 0.0483. The molecule has 0 saturated carbocycles. The van der Waals surface area contributed by atoms with Gasteiger partial charge >= 0.3 is 11.9 Å². The molecule has 0 spiro atoms. The number of carbonyl (C=O) groups excluding carboxylic acids is 3. The lowest BCUT2D eigenvalue weighted by Gasteiger charge is -2.12. The van der Waals surface area contributed by atoms with E-state index >= 15 is 0 Å². The highest BCUT2D eigenvalue weighted by Crippen LogP contribution is 2.14. The van der Waals surface area contributed by atoms with Crippen molar-refractivity contribution < 1.29 is 19.1 Å². The minimum Gasteiger partial charge on any atom is -0.393 e. The molecule has 0 radical (unpaired) electrons. The third-order valence-electron chi connectivity index (χ3n) is 8.04. The van der Waals surface area contributed by atoms with Crippen LogP contribution in [0.1, 0.15) is 194 Å². The van der Waals surface area contributed by atoms with Gasteiger partial charge in [0.25, 0.3) is 0 Å². The molecule has 0 aromatic rings. The lowest BCUT2D eigenvalue weighted by molar-refractivity contribution is -0.159. The van der Waals surface area contributed by atoms with Gasteiger partial charge in [0.1, 0.15) is 0 Å². The molecule has 0 aliphatic heterocycles. The number of hydrogen-bond acceptors (Lipinski definition) is 5. The lowest BCUT2D eigenvalue weighted by Crippen LogP contribution is -2.41. The predicted molar refractivity (Wildman–Crippen MR) is 173 cm³/mol. The van der Waals surface area contributed by atoms with Gasteiger partial charge in [-0.15, -0.1) is 0 Å². The molecule has 0 aliphatic rings. The second-order valence-electron chi connectivity index (χ2n) is 12.2. The van der Waals surface area contributed by atoms with E-state index in [1.807, 2.05) is 0 Å². The Morgan fingerprint density at radius 2 is 0.854 bits per heavy atom. The van der Waals surface area contributed by atoms with E-state index in [9.17, 15) is 14.4 Å². The monoisotopic (exact) mass is 581 g/mol. The molecule has 41 heavy (non-hydrogen) atoms. The number of hydrogen-bond donors (Lipinski definition) is 2. The van der Waals surface area contributed by atoms with Crippen LogP contribution in [0.4, 0.5) is 0 Å². The highest BCUT2D eigenvalue weighted by Gasteiger charge is 2.17. The first kappa shape index (κ1) is 39.6. The third-order valence-corrected chi connectivity index (χ3v) is 8.04. The maximum atomic E-state index is 12.2. The third kappa shape index (κ3) is 29.8. The van der Waals surface area contributed by atoms with Crippen molar-refractivity contribution in [2.75, 3.05) is 6.54 Å². The van der Waals surface area contributed by atoms with Gasteiger partial charge in [0.05, 0.1) is 6.04 Å². The summed E-state index contributed by atoms with van der Waals surface area (Å²) in [5.41, 5.74) is 5.93. The number of nitrogens with one attached hydrogen (secondary N) is 1. The highest BCUT2D eigenvalue weighted by molar-refractivity contribution is 5.86. The Morgan fingerprint density at radius 3 is 1.27 bits per heavy atom. The Kier molecular flexibility index (Phi) is 30.4. The van der Waals surface area contributed by atoms with Crippen molar-refractivity contribution in [2.24, 2.45) is 5.73 Å². The predicted octanol–water partition coefficient (Wildman–Crippen LogP) is 9.46. The maximum Gasteiger partial charge on any atom is 0.313 e. The molecule has 0 rings (SSSR count). The number of esters is 2. The SMILES string of the molecule is CCCCCCCCCCCCCCCCCCNC(=O)[C@@H](N)CCC(=O)OC(=O)CCCCCCCCCCC. The fourth-order valence-electron chi connectivity index (χ4n) is 5.23. The second kappa shape index (κ2) is 31.5. The number of rotatable bonds is 31. The fraction of sp³-hybridized carbons (Fsp3) is 0.914. The van der Waals surface area contributed by atoms with Gasteiger partial charge in [0, 0.05) is 19.4 Å². The molecule has 1 amide bonds. The number of carbonyl (C=O) groups is 3. The first-order valence-electron chi connectivity index (χ1n) is 17.8. The van der Waals surface area contributed by atoms with Crippen LogP contribution in [0, 0.1) is 0 Å². The summed E-state index contributed by atoms with van der Waals surface area (Å²) < 4.78 is 4.88. The van der Waals surface area contributed by atoms with Gasteiger partial charge in [-0.2, -0.15) is 0 Å². The Bertz CT molecular complexity index is 611. The zero-order chi connectivity index (χ0) is 30.2. The van der Waals surface area contributed by atoms with Gasteiger partial charge in [-0.1, -0.05) is 162 Å². The molecule has 0 saturated heterocycles. The van der Waals surface area contributed by atoms with Crippen LogP contribution in [0.2, 0.25) is 0 Å². The van der Waals surface area contributed by atoms with E-state index in [4.69, 9.17) is 10.5 Å². The molecule has 0 aromatic carbocycles. The summed E-state index contributed by atoms with van der Waals surface area (Å²) in [6, 6.07) is -0.754. The van der Waals surface area contributed by atoms with Crippen molar-refractivity contribution in [2.45, 2.75) is 200 Å². The average Bonchev–Trinajstić information content (AvgIpc) is 2.96. The largest absolute Gasteiger partial charge is 0.393 e. The van der Waals surface area contributed by atoms with E-state index < -0.39 is 18.0 Å². The molecule has 1 atom stereocenters. The first-order valence-corrected chi connectivity index (χ1v) is 17.8. The van der Waals surface area contributed by atoms with E-state index in [1.165, 1.54) is 128 Å². The van der Waals surface area contributed by atoms with E-state index in [0.717, 1.165) is 32.1 Å². The van der Waals surface area contributed by atoms with Gasteiger partial charge in [0.2, 0.25) is 5.91 Å². The van der Waals surface area contributed by atoms with Crippen LogP contribution in [0.3, 0.4) is 0 Å². The minimum absolute atomic E-state index is 0.0167. The van der Waals surface area contributed by atoms with Crippen molar-refractivity contribution >= 4 is 17.8 Å². The summed E-state index contributed by atoms with van der Waals surface area (Å²) in [6.45, 7) is 5.11. The minimum atomic E-state index is -0.754. The molecule has 6 nitrogen and oxygen atoms in total. The van der Waals surface area contributed by atoms with Crippen molar-refractivity contribution in [1.82, 2.24) is 5.32 Å². The molecule has 3 N–H and O–H groups in total. The molecular formula is C35H68N2O4. The van der Waals surface area contributed by atoms with Gasteiger partial charge < -0.3 is 15.8 Å². The highest BCUT2D eigenvalue weighted by atomic mass is 16.6. The number of ether oxygens (including phenoxy) is 1. The van der Waals surface area contributed by atoms with E-state index in [0.29, 0.717) is 6.54 Å². The Balaban J connectivity index is 3.50. The van der Waals surface area contributed by atoms with Crippen molar-refractivity contribution in [3.8, 4) is 0 Å². The van der Waals surface area contributed by atoms with E-state index in [1.54, 1.807) is 0 Å². The fourth-order valence-corrected chi connectivity index (χ4v) is 5.23. The number of nitrogens with two attached hydrogens (primary N) is 1. The number of amides is 1. The van der Waals surface area contributed by atoms with Crippen LogP contribution in [0.25, 0.3) is 0 Å². The van der Waals surface area contributed by atoms with Gasteiger partial charge in [0.15, 0.2) is 0 Å². The molecule has 0 unspecified atom stereocenters. The van der Waals surface area contributed by atoms with Gasteiger partial charge in [-0.3, -0.25) is 14.4 Å². The molecule has 0 fully saturated rings. The zero-order valence-corrected chi connectivity index (χ0v) is 27.3. The second-order valence-corrected chi connectivity index (χ2v) is 12.2. The number of unbranched alkanes of at least 4 members (excludes halogenated alkanes) is 23. The van der Waals surface area contributed by atoms with Crippen LogP contribution < -0.4 is 11.1 Å². The average molecular weight is 581 g/mol. The molecule has 0 aromatic heterocycles. The Hall–Kier alpha value is -1.43. The van der Waals surface area contributed by atoms with E-state index in [2.05, 4.69) is 19.2 Å². The summed E-state index contributed by atoms with van der Waals surface area (Å²) >= 11 is 0. The standard InChI is InChI=1S/C35H68N2O4/c1-3-5-7-9-11-13-14-15-16-17-18-19-21-23-25-27-31-37-35(40)32(36)29-30-34(39)41-33(38)28-26-24-22-20-12-10-8-6-4-2/h32H,3-31,36H2,1-2H3,(H,37,40)/t32-/m0/s1. The lowest BCUT2D eigenvalue weighted by atomic mass is 10.0. The summed E-state index contributed by atoms with van der Waals surface area (Å²) in [7, 11) is 0. The van der Waals surface area contributed by atoms with Crippen LogP contribution in [0.5, 0.6) is 0 Å². The van der Waals surface area contributed by atoms with Crippen molar-refractivity contribution in [3.05, 3.63) is 0 Å². The molecular weight excluding hydrogens is 512 g/mol. The summed E-state index contributed by atoms with van der Waals surface area (Å²) in [5.74, 6) is -1.30. The van der Waals surface area contributed by atoms with Crippen LogP contribution in [0.15, 0.2) is 0 Å². The molecule has 0 bridgehead atoms. The van der Waals surface area contributed by atoms with Gasteiger partial charge in [-0.25, -0.2) is 0 Å². The first-order chi connectivity index (χ1) is 20.0. The topological polar surface area (TPSA) is 98.5 Å². The van der Waals surface area contributed by atoms with E-state index in [-0.39, 0.29) is 25.2 Å². The summed E-state index contributed by atoms with van der Waals surface area (Å²) in [4.78, 5) is 36.0. The Morgan fingerprint density at radius 1 is 0.512 bits per heavy atom. The maximum absolute atomic E-state index is 12.2. The van der Waals surface area contributed by atoms with Crippen molar-refractivity contribution in [3.63, 3.8) is 0 Å². The van der Waals surface area contributed by atoms with Crippen molar-refractivity contribution in [1.29, 1.82) is 0 Å². The van der Waals surface area contributed by atoms with Crippen LogP contribution >= 0.6 is 0 Å². The summed E-state index contributed by atoms with van der Waals surface area (Å²) in [6.07, 6.45) is 32.1. The Labute approximate surface area is 254 Å². The van der Waals surface area contributed by atoms with Crippen LogP contribution in [-0.2, 0) is 19.1 Å². The molecule has 0 aliphatic carbocycles. The normalized spacial score (nSPS) is 11.9. The molecule has 6 heteroatoms. The smallest absolute Gasteiger partial charge is 0.313 e. The molecule has 0 heterocycles.